The van der Waals surface area contributed by atoms with Gasteiger partial charge < -0.3 is 25.0 Å². The van der Waals surface area contributed by atoms with Crippen molar-refractivity contribution >= 4 is 11.8 Å². The molecular formula is C33H32F3N5O3. The van der Waals surface area contributed by atoms with Crippen LogP contribution < -0.4 is 15.5 Å². The zero-order chi connectivity index (χ0) is 31.2. The Kier molecular flexibility index (Phi) is 8.92. The van der Waals surface area contributed by atoms with Gasteiger partial charge in [0.05, 0.1) is 22.4 Å². The maximum absolute atomic E-state index is 13.3. The molecule has 228 valence electrons. The van der Waals surface area contributed by atoms with Crippen molar-refractivity contribution in [2.24, 2.45) is 0 Å². The van der Waals surface area contributed by atoms with Crippen LogP contribution in [-0.2, 0) is 28.0 Å². The maximum Gasteiger partial charge on any atom is 0.416 e. The van der Waals surface area contributed by atoms with E-state index in [1.807, 2.05) is 78.7 Å². The summed E-state index contributed by atoms with van der Waals surface area (Å²) in [7, 11) is 0. The first kappa shape index (κ1) is 30.6. The molecule has 1 atom stereocenters. The molecule has 11 heteroatoms. The molecule has 0 aliphatic carbocycles. The molecule has 5 rings (SSSR count). The van der Waals surface area contributed by atoms with Gasteiger partial charge in [-0.05, 0) is 61.2 Å². The number of alkyl halides is 3. The Morgan fingerprint density at radius 2 is 1.91 bits per heavy atom. The van der Waals surface area contributed by atoms with E-state index in [1.54, 1.807) is 12.4 Å². The Morgan fingerprint density at radius 1 is 1.14 bits per heavy atom. The van der Waals surface area contributed by atoms with E-state index in [4.69, 9.17) is 9.47 Å². The molecule has 2 aliphatic heterocycles. The van der Waals surface area contributed by atoms with Crippen LogP contribution in [0.1, 0.15) is 42.0 Å². The number of carbonyl (C=O) groups excluding carboxylic acids is 1. The third-order valence-electron chi connectivity index (χ3n) is 7.91. The van der Waals surface area contributed by atoms with Crippen molar-refractivity contribution in [1.82, 2.24) is 15.6 Å². The number of alkyl carbamates (subject to hydrolysis) is 1. The highest BCUT2D eigenvalue weighted by atomic mass is 19.4. The Bertz CT molecular complexity index is 1560. The number of dihydropyridines is 1. The van der Waals surface area contributed by atoms with Gasteiger partial charge in [-0.15, -0.1) is 0 Å². The second-order valence-corrected chi connectivity index (χ2v) is 10.6. The number of nitrogens with one attached hydrogen (secondary N) is 2. The van der Waals surface area contributed by atoms with Crippen LogP contribution in [0.15, 0.2) is 97.0 Å². The molecule has 44 heavy (non-hydrogen) atoms. The Balaban J connectivity index is 1.40. The van der Waals surface area contributed by atoms with Crippen molar-refractivity contribution in [3.05, 3.63) is 119 Å². The number of nitriles is 1. The lowest BCUT2D eigenvalue weighted by Crippen LogP contribution is -2.57. The number of piperidine rings is 1. The van der Waals surface area contributed by atoms with Gasteiger partial charge in [0.2, 0.25) is 0 Å². The minimum absolute atomic E-state index is 0.0565. The van der Waals surface area contributed by atoms with Gasteiger partial charge in [-0.25, -0.2) is 4.79 Å². The number of carbonyl (C=O) groups is 1. The first-order chi connectivity index (χ1) is 21.2. The summed E-state index contributed by atoms with van der Waals surface area (Å²) in [4.78, 5) is 19.3. The smallest absolute Gasteiger partial charge is 0.416 e. The standard InChI is InChI=1S/C33H32F3N5O3/c1-2-44-32(28-9-6-16-38-21-28)13-12-27(22-39-32)31(40-30(42)43-23-24-7-4-3-5-8-24)14-17-41(18-15-31)29-11-10-26(33(34,35)36)19-25(29)20-37/h3-13,16,19,21-22,39H,2,14-15,17-18,23H2,1H3,(H,40,42). The number of hydrogen-bond donors (Lipinski definition) is 2. The number of aromatic nitrogens is 1. The highest BCUT2D eigenvalue weighted by Crippen LogP contribution is 2.38. The van der Waals surface area contributed by atoms with Crippen molar-refractivity contribution in [1.29, 1.82) is 5.26 Å². The van der Waals surface area contributed by atoms with Crippen molar-refractivity contribution in [3.63, 3.8) is 0 Å². The third-order valence-corrected chi connectivity index (χ3v) is 7.91. The minimum atomic E-state index is -4.55. The molecule has 0 spiro atoms. The van der Waals surface area contributed by atoms with E-state index in [0.29, 0.717) is 38.2 Å². The van der Waals surface area contributed by atoms with Crippen molar-refractivity contribution in [2.45, 2.75) is 43.8 Å². The zero-order valence-corrected chi connectivity index (χ0v) is 24.1. The minimum Gasteiger partial charge on any atom is -0.445 e. The molecule has 0 radical (unpaired) electrons. The number of rotatable bonds is 8. The summed E-state index contributed by atoms with van der Waals surface area (Å²) in [6, 6.07) is 18.2. The molecule has 2 N–H and O–H groups in total. The highest BCUT2D eigenvalue weighted by Gasteiger charge is 2.42. The summed E-state index contributed by atoms with van der Waals surface area (Å²) < 4.78 is 51.5. The molecule has 3 heterocycles. The van der Waals surface area contributed by atoms with Crippen molar-refractivity contribution in [2.75, 3.05) is 24.6 Å². The summed E-state index contributed by atoms with van der Waals surface area (Å²) in [5, 5.41) is 16.1. The van der Waals surface area contributed by atoms with Crippen LogP contribution in [0.4, 0.5) is 23.7 Å². The van der Waals surface area contributed by atoms with Crippen molar-refractivity contribution < 1.29 is 27.4 Å². The second-order valence-electron chi connectivity index (χ2n) is 10.6. The fourth-order valence-corrected chi connectivity index (χ4v) is 5.60. The summed E-state index contributed by atoms with van der Waals surface area (Å²) in [6.07, 6.45) is 4.65. The van der Waals surface area contributed by atoms with Crippen LogP contribution >= 0.6 is 0 Å². The summed E-state index contributed by atoms with van der Waals surface area (Å²) in [5.41, 5.74) is 0.0817. The molecule has 1 fully saturated rings. The van der Waals surface area contributed by atoms with E-state index in [2.05, 4.69) is 15.6 Å². The lowest BCUT2D eigenvalue weighted by Gasteiger charge is -2.45. The fourth-order valence-electron chi connectivity index (χ4n) is 5.60. The highest BCUT2D eigenvalue weighted by molar-refractivity contribution is 5.70. The normalized spacial score (nSPS) is 19.3. The lowest BCUT2D eigenvalue weighted by atomic mass is 9.79. The van der Waals surface area contributed by atoms with E-state index < -0.39 is 29.1 Å². The topological polar surface area (TPSA) is 99.5 Å². The van der Waals surface area contributed by atoms with Gasteiger partial charge >= 0.3 is 12.3 Å². The van der Waals surface area contributed by atoms with Gasteiger partial charge in [0.25, 0.3) is 0 Å². The predicted octanol–water partition coefficient (Wildman–Crippen LogP) is 6.17. The number of ether oxygens (including phenoxy) is 2. The monoisotopic (exact) mass is 603 g/mol. The molecular weight excluding hydrogens is 571 g/mol. The Morgan fingerprint density at radius 3 is 2.52 bits per heavy atom. The van der Waals surface area contributed by atoms with Gasteiger partial charge in [-0.3, -0.25) is 4.98 Å². The van der Waals surface area contributed by atoms with Crippen LogP contribution in [0.5, 0.6) is 0 Å². The number of anilines is 1. The van der Waals surface area contributed by atoms with Gasteiger partial charge in [0, 0.05) is 43.9 Å². The zero-order valence-electron chi connectivity index (χ0n) is 24.1. The molecule has 1 amide bonds. The summed E-state index contributed by atoms with van der Waals surface area (Å²) in [5.74, 6) is 0. The number of pyridine rings is 1. The number of amides is 1. The largest absolute Gasteiger partial charge is 0.445 e. The predicted molar refractivity (Wildman–Crippen MR) is 158 cm³/mol. The first-order valence-corrected chi connectivity index (χ1v) is 14.3. The average molecular weight is 604 g/mol. The Labute approximate surface area is 253 Å². The van der Waals surface area contributed by atoms with Gasteiger partial charge in [-0.1, -0.05) is 42.5 Å². The summed E-state index contributed by atoms with van der Waals surface area (Å²) >= 11 is 0. The average Bonchev–Trinajstić information content (AvgIpc) is 3.05. The molecule has 0 saturated carbocycles. The number of benzene rings is 2. The van der Waals surface area contributed by atoms with Gasteiger partial charge in [-0.2, -0.15) is 18.4 Å². The molecule has 2 aliphatic rings. The van der Waals surface area contributed by atoms with Crippen LogP contribution in [-0.4, -0.2) is 36.3 Å². The first-order valence-electron chi connectivity index (χ1n) is 14.3. The summed E-state index contributed by atoms with van der Waals surface area (Å²) in [6.45, 7) is 3.14. The van der Waals surface area contributed by atoms with Gasteiger partial charge in [0.1, 0.15) is 12.7 Å². The van der Waals surface area contributed by atoms with Crippen molar-refractivity contribution in [3.8, 4) is 6.07 Å². The quantitative estimate of drug-likeness (QED) is 0.318. The fraction of sp³-hybridized carbons (Fsp3) is 0.303. The van der Waals surface area contributed by atoms with Gasteiger partial charge in [0.15, 0.2) is 5.72 Å². The molecule has 1 aromatic heterocycles. The van der Waals surface area contributed by atoms with Crippen LogP contribution in [0.25, 0.3) is 0 Å². The molecule has 0 bridgehead atoms. The number of hydrogen-bond acceptors (Lipinski definition) is 7. The number of halogens is 3. The van der Waals surface area contributed by atoms with E-state index in [-0.39, 0.29) is 12.2 Å². The number of nitrogens with zero attached hydrogens (tertiary/aromatic N) is 3. The van der Waals surface area contributed by atoms with E-state index in [1.165, 1.54) is 6.07 Å². The maximum atomic E-state index is 13.3. The molecule has 3 aromatic rings. The van der Waals surface area contributed by atoms with Crippen LogP contribution in [0.3, 0.4) is 0 Å². The van der Waals surface area contributed by atoms with E-state index in [9.17, 15) is 23.2 Å². The van der Waals surface area contributed by atoms with Crippen LogP contribution in [0, 0.1) is 11.3 Å². The Hall–Kier alpha value is -4.82. The van der Waals surface area contributed by atoms with Crippen LogP contribution in [0.2, 0.25) is 0 Å². The van der Waals surface area contributed by atoms with E-state index in [0.717, 1.165) is 28.8 Å². The van der Waals surface area contributed by atoms with E-state index >= 15 is 0 Å². The lowest BCUT2D eigenvalue weighted by molar-refractivity contribution is -0.137. The third kappa shape index (κ3) is 6.55. The molecule has 8 nitrogen and oxygen atoms in total. The molecule has 2 aromatic carbocycles. The molecule has 1 saturated heterocycles. The second kappa shape index (κ2) is 12.8. The molecule has 1 unspecified atom stereocenters. The SMILES string of the molecule is CCOC1(c2cccnc2)C=CC(C2(NC(=O)OCc3ccccc3)CCN(c3ccc(C(F)(F)F)cc3C#N)CC2)=CN1.